The molecule has 1 fully saturated rings. The van der Waals surface area contributed by atoms with Crippen molar-refractivity contribution in [2.45, 2.75) is 37.2 Å². The van der Waals surface area contributed by atoms with Crippen LogP contribution in [-0.4, -0.2) is 50.3 Å². The van der Waals surface area contributed by atoms with Crippen molar-refractivity contribution in [2.75, 3.05) is 19.6 Å². The van der Waals surface area contributed by atoms with Gasteiger partial charge in [-0.3, -0.25) is 4.79 Å². The molecule has 1 aromatic rings. The van der Waals surface area contributed by atoms with Crippen molar-refractivity contribution in [2.24, 2.45) is 0 Å². The van der Waals surface area contributed by atoms with Crippen LogP contribution in [0.3, 0.4) is 0 Å². The average molecular weight is 323 g/mol. The summed E-state index contributed by atoms with van der Waals surface area (Å²) < 4.78 is 27.3. The summed E-state index contributed by atoms with van der Waals surface area (Å²) >= 11 is 0. The minimum Gasteiger partial charge on any atom is -0.352 e. The van der Waals surface area contributed by atoms with E-state index in [4.69, 9.17) is 0 Å². The largest absolute Gasteiger partial charge is 0.352 e. The van der Waals surface area contributed by atoms with Gasteiger partial charge in [0.05, 0.1) is 4.90 Å². The zero-order chi connectivity index (χ0) is 15.9. The Morgan fingerprint density at radius 1 is 1.23 bits per heavy atom. The third-order valence-corrected chi connectivity index (χ3v) is 6.57. The van der Waals surface area contributed by atoms with E-state index in [2.05, 4.69) is 10.6 Å². The van der Waals surface area contributed by atoms with Gasteiger partial charge in [0.25, 0.3) is 5.91 Å². The van der Waals surface area contributed by atoms with Crippen LogP contribution in [-0.2, 0) is 16.4 Å². The first-order chi connectivity index (χ1) is 10.4. The van der Waals surface area contributed by atoms with Crippen LogP contribution in [0.15, 0.2) is 23.1 Å². The molecule has 1 aromatic carbocycles. The van der Waals surface area contributed by atoms with E-state index in [0.29, 0.717) is 25.2 Å². The second-order valence-electron chi connectivity index (χ2n) is 5.92. The summed E-state index contributed by atoms with van der Waals surface area (Å²) in [4.78, 5) is 12.1. The summed E-state index contributed by atoms with van der Waals surface area (Å²) in [6, 6.07) is 4.87. The molecular formula is C15H21N3O3S. The lowest BCUT2D eigenvalue weighted by Gasteiger charge is -2.37. The Morgan fingerprint density at radius 3 is 2.77 bits per heavy atom. The van der Waals surface area contributed by atoms with Crippen LogP contribution in [0.5, 0.6) is 0 Å². The smallest absolute Gasteiger partial charge is 0.251 e. The molecular weight excluding hydrogens is 302 g/mol. The third-order valence-electron chi connectivity index (χ3n) is 4.59. The van der Waals surface area contributed by atoms with Crippen LogP contribution in [0.1, 0.15) is 29.8 Å². The van der Waals surface area contributed by atoms with Crippen molar-refractivity contribution >= 4 is 15.9 Å². The number of benzene rings is 1. The molecule has 0 bridgehead atoms. The molecule has 2 unspecified atom stereocenters. The minimum atomic E-state index is -3.59. The Kier molecular flexibility index (Phi) is 3.96. The number of amides is 1. The van der Waals surface area contributed by atoms with Gasteiger partial charge in [0.15, 0.2) is 0 Å². The first kappa shape index (κ1) is 15.5. The van der Waals surface area contributed by atoms with E-state index in [0.717, 1.165) is 12.0 Å². The van der Waals surface area contributed by atoms with Crippen molar-refractivity contribution in [1.82, 2.24) is 14.9 Å². The summed E-state index contributed by atoms with van der Waals surface area (Å²) in [6.45, 7) is 5.56. The van der Waals surface area contributed by atoms with Gasteiger partial charge < -0.3 is 10.6 Å². The van der Waals surface area contributed by atoms with Crippen molar-refractivity contribution in [1.29, 1.82) is 0 Å². The Bertz CT molecular complexity index is 702. The molecule has 3 rings (SSSR count). The molecule has 2 atom stereocenters. The van der Waals surface area contributed by atoms with Crippen LogP contribution in [0, 0.1) is 0 Å². The first-order valence-electron chi connectivity index (χ1n) is 7.57. The third kappa shape index (κ3) is 2.53. The lowest BCUT2D eigenvalue weighted by atomic mass is 10.0. The maximum Gasteiger partial charge on any atom is 0.251 e. The number of carbonyl (C=O) groups excluding carboxylic acids is 1. The van der Waals surface area contributed by atoms with E-state index >= 15 is 0 Å². The highest BCUT2D eigenvalue weighted by Crippen LogP contribution is 2.24. The van der Waals surface area contributed by atoms with E-state index in [9.17, 15) is 13.2 Å². The van der Waals surface area contributed by atoms with Crippen molar-refractivity contribution in [3.63, 3.8) is 0 Å². The van der Waals surface area contributed by atoms with Crippen LogP contribution in [0.4, 0.5) is 0 Å². The number of hydrogen-bond donors (Lipinski definition) is 2. The van der Waals surface area contributed by atoms with Crippen molar-refractivity contribution in [3.8, 4) is 0 Å². The van der Waals surface area contributed by atoms with Gasteiger partial charge in [0.1, 0.15) is 0 Å². The number of rotatable bonds is 2. The quantitative estimate of drug-likeness (QED) is 0.823. The fourth-order valence-electron chi connectivity index (χ4n) is 3.05. The van der Waals surface area contributed by atoms with Crippen LogP contribution in [0.2, 0.25) is 0 Å². The molecule has 0 aromatic heterocycles. The zero-order valence-corrected chi connectivity index (χ0v) is 13.6. The van der Waals surface area contributed by atoms with Gasteiger partial charge in [0, 0.05) is 37.3 Å². The molecule has 6 nitrogen and oxygen atoms in total. The molecule has 7 heteroatoms. The number of piperazine rings is 1. The maximum absolute atomic E-state index is 12.9. The van der Waals surface area contributed by atoms with Gasteiger partial charge in [-0.15, -0.1) is 0 Å². The summed E-state index contributed by atoms with van der Waals surface area (Å²) in [5, 5.41) is 6.03. The molecule has 2 heterocycles. The fourth-order valence-corrected chi connectivity index (χ4v) is 4.78. The normalized spacial score (nSPS) is 26.4. The van der Waals surface area contributed by atoms with E-state index in [-0.39, 0.29) is 22.9 Å². The summed E-state index contributed by atoms with van der Waals surface area (Å²) in [6.07, 6.45) is 0.739. The fraction of sp³-hybridized carbons (Fsp3) is 0.533. The number of sulfonamides is 1. The highest BCUT2D eigenvalue weighted by molar-refractivity contribution is 7.89. The number of hydrogen-bond acceptors (Lipinski definition) is 4. The van der Waals surface area contributed by atoms with E-state index < -0.39 is 10.0 Å². The zero-order valence-electron chi connectivity index (χ0n) is 12.8. The number of nitrogens with one attached hydrogen (secondary N) is 2. The summed E-state index contributed by atoms with van der Waals surface area (Å²) in [5.74, 6) is -0.194. The van der Waals surface area contributed by atoms with Gasteiger partial charge >= 0.3 is 0 Å². The Hall–Kier alpha value is -1.44. The van der Waals surface area contributed by atoms with E-state index in [1.807, 2.05) is 13.8 Å². The molecule has 1 amide bonds. The van der Waals surface area contributed by atoms with Gasteiger partial charge in [-0.2, -0.15) is 4.31 Å². The Balaban J connectivity index is 1.99. The summed E-state index contributed by atoms with van der Waals surface area (Å²) in [7, 11) is -3.59. The Morgan fingerprint density at radius 2 is 2.00 bits per heavy atom. The topological polar surface area (TPSA) is 78.5 Å². The molecule has 0 saturated carbocycles. The van der Waals surface area contributed by atoms with Crippen molar-refractivity contribution in [3.05, 3.63) is 29.3 Å². The predicted octanol–water partition coefficient (Wildman–Crippen LogP) is 0.343. The van der Waals surface area contributed by atoms with Crippen LogP contribution in [0.25, 0.3) is 0 Å². The van der Waals surface area contributed by atoms with Gasteiger partial charge in [-0.1, -0.05) is 6.07 Å². The lowest BCUT2D eigenvalue weighted by molar-refractivity contribution is 0.0945. The molecule has 2 N–H and O–H groups in total. The second-order valence-corrected chi connectivity index (χ2v) is 7.81. The lowest BCUT2D eigenvalue weighted by Crippen LogP contribution is -2.57. The SMILES string of the molecule is CC1NCCN(S(=O)(=O)c2ccc3c(c2)C(=O)NCC3)C1C. The average Bonchev–Trinajstić information content (AvgIpc) is 2.50. The molecule has 2 aliphatic heterocycles. The van der Waals surface area contributed by atoms with E-state index in [1.54, 1.807) is 12.1 Å². The number of nitrogens with zero attached hydrogens (tertiary/aromatic N) is 1. The predicted molar refractivity (Wildman–Crippen MR) is 83.3 cm³/mol. The second kappa shape index (κ2) is 5.64. The highest BCUT2D eigenvalue weighted by atomic mass is 32.2. The number of carbonyl (C=O) groups is 1. The standard InChI is InChI=1S/C15H21N3O3S/c1-10-11(2)18(8-7-16-10)22(20,21)13-4-3-12-5-6-17-15(19)14(12)9-13/h3-4,9-11,16H,5-8H2,1-2H3,(H,17,19). The van der Waals surface area contributed by atoms with Crippen LogP contribution < -0.4 is 10.6 Å². The molecule has 22 heavy (non-hydrogen) atoms. The molecule has 0 spiro atoms. The van der Waals surface area contributed by atoms with Gasteiger partial charge in [0.2, 0.25) is 10.0 Å². The Labute approximate surface area is 130 Å². The highest BCUT2D eigenvalue weighted by Gasteiger charge is 2.35. The van der Waals surface area contributed by atoms with Gasteiger partial charge in [-0.25, -0.2) is 8.42 Å². The maximum atomic E-state index is 12.9. The molecule has 2 aliphatic rings. The van der Waals surface area contributed by atoms with Crippen molar-refractivity contribution < 1.29 is 13.2 Å². The van der Waals surface area contributed by atoms with Gasteiger partial charge in [-0.05, 0) is 38.0 Å². The minimum absolute atomic E-state index is 0.101. The molecule has 0 aliphatic carbocycles. The number of fused-ring (bicyclic) bond motifs is 1. The summed E-state index contributed by atoms with van der Waals surface area (Å²) in [5.41, 5.74) is 1.38. The van der Waals surface area contributed by atoms with Crippen LogP contribution >= 0.6 is 0 Å². The molecule has 120 valence electrons. The monoisotopic (exact) mass is 323 g/mol. The first-order valence-corrected chi connectivity index (χ1v) is 9.01. The molecule has 0 radical (unpaired) electrons. The molecule has 1 saturated heterocycles. The van der Waals surface area contributed by atoms with E-state index in [1.165, 1.54) is 10.4 Å².